The van der Waals surface area contributed by atoms with E-state index in [0.29, 0.717) is 35.3 Å². The number of nitrogens with zero attached hydrogens (tertiary/aromatic N) is 1. The van der Waals surface area contributed by atoms with Gasteiger partial charge in [0.1, 0.15) is 4.90 Å². The molecule has 1 aromatic heterocycles. The quantitative estimate of drug-likeness (QED) is 0.572. The fourth-order valence-electron chi connectivity index (χ4n) is 4.55. The van der Waals surface area contributed by atoms with E-state index in [1.807, 2.05) is 39.8 Å². The van der Waals surface area contributed by atoms with Gasteiger partial charge in [0, 0.05) is 29.7 Å². The number of aryl methyl sites for hydroxylation is 4. The first-order valence-corrected chi connectivity index (χ1v) is 12.5. The predicted molar refractivity (Wildman–Crippen MR) is 127 cm³/mol. The number of likely N-dealkylation sites (tertiary alicyclic amines) is 1. The van der Waals surface area contributed by atoms with Gasteiger partial charge in [0.25, 0.3) is 15.9 Å². The van der Waals surface area contributed by atoms with Crippen LogP contribution in [0.3, 0.4) is 0 Å². The van der Waals surface area contributed by atoms with Gasteiger partial charge < -0.3 is 9.32 Å². The zero-order valence-electron chi connectivity index (χ0n) is 19.3. The molecule has 0 aliphatic carbocycles. The van der Waals surface area contributed by atoms with Crippen LogP contribution in [0.5, 0.6) is 0 Å². The third-order valence-electron chi connectivity index (χ3n) is 6.27. The maximum atomic E-state index is 13.5. The van der Waals surface area contributed by atoms with Crippen molar-refractivity contribution in [3.05, 3.63) is 57.8 Å². The van der Waals surface area contributed by atoms with Crippen molar-refractivity contribution in [3.63, 3.8) is 0 Å². The molecule has 0 atom stereocenters. The van der Waals surface area contributed by atoms with Crippen LogP contribution in [-0.4, -0.2) is 32.3 Å². The molecular weight excluding hydrogens is 424 g/mol. The zero-order chi connectivity index (χ0) is 23.2. The summed E-state index contributed by atoms with van der Waals surface area (Å²) >= 11 is 0. The lowest BCUT2D eigenvalue weighted by Gasteiger charge is -2.25. The first-order valence-electron chi connectivity index (χ1n) is 11.0. The average Bonchev–Trinajstić information content (AvgIpc) is 3.03. The Morgan fingerprint density at radius 3 is 2.16 bits per heavy atom. The number of furan rings is 1. The highest BCUT2D eigenvalue weighted by Crippen LogP contribution is 2.36. The lowest BCUT2D eigenvalue weighted by Crippen LogP contribution is -2.35. The predicted octanol–water partition coefficient (Wildman–Crippen LogP) is 5.40. The monoisotopic (exact) mass is 454 g/mol. The second kappa shape index (κ2) is 8.28. The van der Waals surface area contributed by atoms with E-state index in [-0.39, 0.29) is 22.1 Å². The number of hydrogen-bond donors (Lipinski definition) is 1. The first-order chi connectivity index (χ1) is 15.1. The number of amides is 1. The first kappa shape index (κ1) is 22.4. The number of rotatable bonds is 4. The minimum absolute atomic E-state index is 0.0902. The molecule has 7 heteroatoms. The Hall–Kier alpha value is -2.80. The van der Waals surface area contributed by atoms with Gasteiger partial charge in [-0.25, -0.2) is 8.42 Å². The summed E-state index contributed by atoms with van der Waals surface area (Å²) in [6.45, 7) is 10.7. The fraction of sp³-hybridized carbons (Fsp3) is 0.400. The number of piperidine rings is 1. The van der Waals surface area contributed by atoms with Crippen molar-refractivity contribution in [2.75, 3.05) is 17.8 Å². The van der Waals surface area contributed by atoms with E-state index < -0.39 is 10.0 Å². The molecule has 1 aliphatic heterocycles. The zero-order valence-corrected chi connectivity index (χ0v) is 20.1. The van der Waals surface area contributed by atoms with E-state index in [1.165, 1.54) is 0 Å². The second-order valence-electron chi connectivity index (χ2n) is 8.92. The van der Waals surface area contributed by atoms with Gasteiger partial charge in [-0.05, 0) is 94.3 Å². The van der Waals surface area contributed by atoms with Crippen molar-refractivity contribution in [2.24, 2.45) is 0 Å². The SMILES string of the molecule is Cc1cc(C)cc(NS(=O)(=O)c2c(C)c(C)cc3c(C)c(C(=O)N4CCCCC4)oc23)c1. The highest BCUT2D eigenvalue weighted by molar-refractivity contribution is 7.93. The van der Waals surface area contributed by atoms with Crippen LogP contribution in [0.1, 0.15) is 57.6 Å². The van der Waals surface area contributed by atoms with Crippen LogP contribution in [0.25, 0.3) is 11.0 Å². The molecular formula is C25H30N2O4S. The molecule has 1 N–H and O–H groups in total. The minimum atomic E-state index is -3.95. The van der Waals surface area contributed by atoms with Crippen LogP contribution < -0.4 is 4.72 Å². The second-order valence-corrected chi connectivity index (χ2v) is 10.5. The van der Waals surface area contributed by atoms with Gasteiger partial charge >= 0.3 is 0 Å². The van der Waals surface area contributed by atoms with Crippen LogP contribution in [0.15, 0.2) is 33.6 Å². The summed E-state index contributed by atoms with van der Waals surface area (Å²) in [4.78, 5) is 15.0. The van der Waals surface area contributed by atoms with E-state index >= 15 is 0 Å². The maximum absolute atomic E-state index is 13.5. The van der Waals surface area contributed by atoms with Crippen LogP contribution >= 0.6 is 0 Å². The number of hydrogen-bond acceptors (Lipinski definition) is 4. The Morgan fingerprint density at radius 2 is 1.53 bits per heavy atom. The summed E-state index contributed by atoms with van der Waals surface area (Å²) in [5, 5.41) is 0.661. The minimum Gasteiger partial charge on any atom is -0.449 e. The number of benzene rings is 2. The average molecular weight is 455 g/mol. The smallest absolute Gasteiger partial charge is 0.289 e. The van der Waals surface area contributed by atoms with Crippen LogP contribution in [0.2, 0.25) is 0 Å². The lowest BCUT2D eigenvalue weighted by atomic mass is 10.0. The molecule has 0 unspecified atom stereocenters. The molecule has 4 rings (SSSR count). The van der Waals surface area contributed by atoms with Gasteiger partial charge in [0.15, 0.2) is 11.3 Å². The van der Waals surface area contributed by atoms with Crippen molar-refractivity contribution in [2.45, 2.75) is 58.8 Å². The van der Waals surface area contributed by atoms with Gasteiger partial charge in [0.05, 0.1) is 0 Å². The molecule has 1 aliphatic rings. The highest BCUT2D eigenvalue weighted by atomic mass is 32.2. The number of anilines is 1. The fourth-order valence-corrected chi connectivity index (χ4v) is 6.04. The number of carbonyl (C=O) groups is 1. The molecule has 2 heterocycles. The molecule has 32 heavy (non-hydrogen) atoms. The summed E-state index contributed by atoms with van der Waals surface area (Å²) in [6.07, 6.45) is 3.07. The van der Waals surface area contributed by atoms with Gasteiger partial charge in [-0.1, -0.05) is 6.07 Å². The summed E-state index contributed by atoms with van der Waals surface area (Å²) in [6, 6.07) is 7.49. The highest BCUT2D eigenvalue weighted by Gasteiger charge is 2.30. The molecule has 0 saturated carbocycles. The van der Waals surface area contributed by atoms with Gasteiger partial charge in [-0.3, -0.25) is 9.52 Å². The Kier molecular flexibility index (Phi) is 5.79. The van der Waals surface area contributed by atoms with E-state index in [4.69, 9.17) is 4.42 Å². The summed E-state index contributed by atoms with van der Waals surface area (Å²) < 4.78 is 35.8. The van der Waals surface area contributed by atoms with Crippen molar-refractivity contribution >= 4 is 32.6 Å². The van der Waals surface area contributed by atoms with E-state index in [0.717, 1.165) is 36.0 Å². The maximum Gasteiger partial charge on any atom is 0.289 e. The van der Waals surface area contributed by atoms with Crippen molar-refractivity contribution < 1.29 is 17.6 Å². The third-order valence-corrected chi connectivity index (χ3v) is 7.81. The molecule has 6 nitrogen and oxygen atoms in total. The Balaban J connectivity index is 1.85. The number of fused-ring (bicyclic) bond motifs is 1. The van der Waals surface area contributed by atoms with E-state index in [2.05, 4.69) is 4.72 Å². The van der Waals surface area contributed by atoms with E-state index in [1.54, 1.807) is 24.0 Å². The molecule has 2 aromatic carbocycles. The van der Waals surface area contributed by atoms with Gasteiger partial charge in [-0.15, -0.1) is 0 Å². The lowest BCUT2D eigenvalue weighted by molar-refractivity contribution is 0.0693. The molecule has 170 valence electrons. The van der Waals surface area contributed by atoms with Crippen LogP contribution in [0, 0.1) is 34.6 Å². The summed E-state index contributed by atoms with van der Waals surface area (Å²) in [5.41, 5.74) is 4.81. The topological polar surface area (TPSA) is 79.6 Å². The van der Waals surface area contributed by atoms with Crippen molar-refractivity contribution in [3.8, 4) is 0 Å². The van der Waals surface area contributed by atoms with Crippen molar-refractivity contribution in [1.82, 2.24) is 4.90 Å². The third kappa shape index (κ3) is 4.01. The molecule has 1 saturated heterocycles. The van der Waals surface area contributed by atoms with Gasteiger partial charge in [-0.2, -0.15) is 0 Å². The normalized spacial score (nSPS) is 14.7. The van der Waals surface area contributed by atoms with Crippen LogP contribution in [0.4, 0.5) is 5.69 Å². The standard InChI is InChI=1S/C25H30N2O4S/c1-15-11-16(2)13-20(12-15)26-32(29,30)24-18(4)17(3)14-21-19(5)22(31-23(21)24)25(28)27-9-7-6-8-10-27/h11-14,26H,6-10H2,1-5H3. The largest absolute Gasteiger partial charge is 0.449 e. The summed E-state index contributed by atoms with van der Waals surface area (Å²) in [5.74, 6) is 0.0640. The molecule has 0 spiro atoms. The number of sulfonamides is 1. The molecule has 1 amide bonds. The van der Waals surface area contributed by atoms with Crippen molar-refractivity contribution in [1.29, 1.82) is 0 Å². The molecule has 0 bridgehead atoms. The molecule has 3 aromatic rings. The van der Waals surface area contributed by atoms with Crippen LogP contribution in [-0.2, 0) is 10.0 Å². The molecule has 0 radical (unpaired) electrons. The Bertz CT molecular complexity index is 1300. The Morgan fingerprint density at radius 1 is 0.906 bits per heavy atom. The van der Waals surface area contributed by atoms with E-state index in [9.17, 15) is 13.2 Å². The van der Waals surface area contributed by atoms with Gasteiger partial charge in [0.2, 0.25) is 0 Å². The summed E-state index contributed by atoms with van der Waals surface area (Å²) in [7, 11) is -3.95. The number of carbonyl (C=O) groups excluding carboxylic acids is 1. The Labute approximate surface area is 189 Å². The number of nitrogens with one attached hydrogen (secondary N) is 1. The molecule has 1 fully saturated rings.